The molecule has 0 unspecified atom stereocenters. The van der Waals surface area contributed by atoms with E-state index in [4.69, 9.17) is 33.2 Å². The van der Waals surface area contributed by atoms with Crippen LogP contribution in [0.1, 0.15) is 40.5 Å². The van der Waals surface area contributed by atoms with Crippen molar-refractivity contribution in [3.05, 3.63) is 45.6 Å². The van der Waals surface area contributed by atoms with Crippen LogP contribution in [-0.2, 0) is 25.4 Å². The third-order valence-corrected chi connectivity index (χ3v) is 10.4. The van der Waals surface area contributed by atoms with Gasteiger partial charge in [0.05, 0.1) is 57.5 Å². The number of hydrogen-bond acceptors (Lipinski definition) is 10. The number of benzene rings is 2. The smallest absolute Gasteiger partial charge is 0.338 e. The summed E-state index contributed by atoms with van der Waals surface area (Å²) in [5.74, 6) is 0.355. The highest BCUT2D eigenvalue weighted by molar-refractivity contribution is 9.10. The number of hydrogen-bond donors (Lipinski definition) is 1. The molecule has 0 bridgehead atoms. The molecule has 3 aliphatic rings. The molecule has 0 spiro atoms. The number of carbonyl (C=O) groups excluding carboxylic acids is 2. The summed E-state index contributed by atoms with van der Waals surface area (Å²) >= 11 is 3.64. The predicted octanol–water partition coefficient (Wildman–Crippen LogP) is 4.93. The summed E-state index contributed by atoms with van der Waals surface area (Å²) in [6.07, 6.45) is 0.863. The lowest BCUT2D eigenvalue weighted by atomic mass is 9.63. The maximum Gasteiger partial charge on any atom is 0.338 e. The van der Waals surface area contributed by atoms with Crippen molar-refractivity contribution in [2.45, 2.75) is 37.5 Å². The minimum atomic E-state index is -0.678. The molecule has 242 valence electrons. The van der Waals surface area contributed by atoms with E-state index in [2.05, 4.69) is 31.9 Å². The van der Waals surface area contributed by atoms with Crippen molar-refractivity contribution in [1.82, 2.24) is 9.88 Å². The maximum atomic E-state index is 13.6. The molecule has 1 saturated carbocycles. The van der Waals surface area contributed by atoms with Gasteiger partial charge in [-0.05, 0) is 70.8 Å². The minimum Gasteiger partial charge on any atom is -0.495 e. The number of rotatable bonds is 8. The van der Waals surface area contributed by atoms with Gasteiger partial charge in [0, 0.05) is 42.9 Å². The van der Waals surface area contributed by atoms with Gasteiger partial charge in [0.1, 0.15) is 18.0 Å². The Labute approximate surface area is 270 Å². The van der Waals surface area contributed by atoms with E-state index in [0.717, 1.165) is 41.7 Å². The molecule has 11 nitrogen and oxygen atoms in total. The largest absolute Gasteiger partial charge is 0.495 e. The van der Waals surface area contributed by atoms with Crippen LogP contribution >= 0.6 is 15.9 Å². The van der Waals surface area contributed by atoms with Gasteiger partial charge in [0.25, 0.3) is 0 Å². The fraction of sp³-hybridized carbons (Fsp3) is 0.515. The summed E-state index contributed by atoms with van der Waals surface area (Å²) in [5.41, 5.74) is 3.76. The Morgan fingerprint density at radius 1 is 0.911 bits per heavy atom. The number of ether oxygens (including phenoxy) is 7. The molecule has 0 amide bonds. The van der Waals surface area contributed by atoms with Crippen LogP contribution in [0.25, 0.3) is 10.9 Å². The molecule has 12 heteroatoms. The standard InChI is InChI=1S/C33H39BrN2O9/c1-39-24-14-22-20(12-21(24)34)18-7-8-36-15-17-11-27(45-32(37)16-9-25(40-2)30(42-4)26(10-16)41-3)31(43-5)28(33(38)44-6)19(17)13-23(36)29(18)35-22/h9-10,12,14,17,19,23,27-28,31,35H,7-8,11,13,15H2,1-6H3/t17-,19+,23+,27+,28+,31-/m1/s1. The summed E-state index contributed by atoms with van der Waals surface area (Å²) in [7, 11) is 9.08. The summed E-state index contributed by atoms with van der Waals surface area (Å²) < 4.78 is 40.1. The second-order valence-corrected chi connectivity index (χ2v) is 12.7. The second kappa shape index (κ2) is 12.7. The Bertz CT molecular complexity index is 1580. The minimum absolute atomic E-state index is 0.0292. The van der Waals surface area contributed by atoms with Gasteiger partial charge in [-0.2, -0.15) is 0 Å². The van der Waals surface area contributed by atoms with E-state index in [1.54, 1.807) is 26.4 Å². The molecule has 6 rings (SSSR count). The van der Waals surface area contributed by atoms with Gasteiger partial charge < -0.3 is 38.1 Å². The number of carbonyl (C=O) groups is 2. The lowest BCUT2D eigenvalue weighted by molar-refractivity contribution is -0.176. The molecule has 2 fully saturated rings. The summed E-state index contributed by atoms with van der Waals surface area (Å²) in [6.45, 7) is 1.66. The maximum absolute atomic E-state index is 13.6. The number of esters is 2. The molecule has 1 aliphatic carbocycles. The first-order chi connectivity index (χ1) is 21.8. The number of nitrogens with zero attached hydrogens (tertiary/aromatic N) is 1. The fourth-order valence-corrected chi connectivity index (χ4v) is 8.31. The third kappa shape index (κ3) is 5.40. The molecular formula is C33H39BrN2O9. The summed E-state index contributed by atoms with van der Waals surface area (Å²) in [5, 5.41) is 1.18. The predicted molar refractivity (Wildman–Crippen MR) is 168 cm³/mol. The molecule has 45 heavy (non-hydrogen) atoms. The number of piperidine rings is 1. The highest BCUT2D eigenvalue weighted by Gasteiger charge is 2.54. The van der Waals surface area contributed by atoms with E-state index in [0.29, 0.717) is 23.7 Å². The van der Waals surface area contributed by atoms with Crippen molar-refractivity contribution in [3.63, 3.8) is 0 Å². The van der Waals surface area contributed by atoms with Crippen LogP contribution in [0, 0.1) is 17.8 Å². The van der Waals surface area contributed by atoms with E-state index in [9.17, 15) is 9.59 Å². The van der Waals surface area contributed by atoms with Gasteiger partial charge in [-0.15, -0.1) is 0 Å². The molecule has 6 atom stereocenters. The van der Waals surface area contributed by atoms with Crippen LogP contribution in [-0.4, -0.2) is 89.8 Å². The molecule has 2 aliphatic heterocycles. The van der Waals surface area contributed by atoms with Crippen molar-refractivity contribution >= 4 is 38.8 Å². The van der Waals surface area contributed by atoms with E-state index in [1.165, 1.54) is 45.1 Å². The fourth-order valence-electron chi connectivity index (χ4n) is 7.81. The number of methoxy groups -OCH3 is 6. The Balaban J connectivity index is 1.30. The second-order valence-electron chi connectivity index (χ2n) is 11.8. The Kier molecular flexibility index (Phi) is 8.91. The number of nitrogens with one attached hydrogen (secondary N) is 1. The van der Waals surface area contributed by atoms with E-state index < -0.39 is 24.1 Å². The highest BCUT2D eigenvalue weighted by atomic mass is 79.9. The molecule has 0 radical (unpaired) electrons. The van der Waals surface area contributed by atoms with E-state index in [1.807, 2.05) is 6.07 Å². The Hall–Kier alpha value is -3.48. The van der Waals surface area contributed by atoms with Crippen molar-refractivity contribution < 1.29 is 42.7 Å². The van der Waals surface area contributed by atoms with Gasteiger partial charge in [-0.3, -0.25) is 9.69 Å². The van der Waals surface area contributed by atoms with Crippen LogP contribution < -0.4 is 18.9 Å². The lowest BCUT2D eigenvalue weighted by Crippen LogP contribution is -2.58. The van der Waals surface area contributed by atoms with E-state index >= 15 is 0 Å². The van der Waals surface area contributed by atoms with Crippen molar-refractivity contribution in [3.8, 4) is 23.0 Å². The number of fused-ring (bicyclic) bond motifs is 6. The average Bonchev–Trinajstić information content (AvgIpc) is 3.42. The molecule has 1 saturated heterocycles. The highest BCUT2D eigenvalue weighted by Crippen LogP contribution is 2.51. The van der Waals surface area contributed by atoms with Crippen molar-refractivity contribution in [2.24, 2.45) is 17.8 Å². The Morgan fingerprint density at radius 3 is 2.24 bits per heavy atom. The SMILES string of the molecule is COC(=O)[C@H]1[C@H]2C[C@H]3c4[nH]c5cc(OC)c(Br)cc5c4CCN3C[C@H]2C[C@H](OC(=O)c2cc(OC)c(OC)c(OC)c2)[C@H]1OC. The molecule has 2 aromatic carbocycles. The van der Waals surface area contributed by atoms with Gasteiger partial charge >= 0.3 is 11.9 Å². The topological polar surface area (TPSA) is 118 Å². The average molecular weight is 688 g/mol. The normalized spacial score (nSPS) is 25.8. The van der Waals surface area contributed by atoms with Crippen molar-refractivity contribution in [2.75, 3.05) is 55.7 Å². The summed E-state index contributed by atoms with van der Waals surface area (Å²) in [4.78, 5) is 33.2. The van der Waals surface area contributed by atoms with Crippen LogP contribution in [0.3, 0.4) is 0 Å². The lowest BCUT2D eigenvalue weighted by Gasteiger charge is -2.52. The van der Waals surface area contributed by atoms with Crippen LogP contribution in [0.4, 0.5) is 0 Å². The van der Waals surface area contributed by atoms with Gasteiger partial charge in [-0.1, -0.05) is 0 Å². The van der Waals surface area contributed by atoms with Crippen LogP contribution in [0.2, 0.25) is 0 Å². The molecule has 3 heterocycles. The third-order valence-electron chi connectivity index (χ3n) is 9.83. The number of halogens is 1. The molecular weight excluding hydrogens is 648 g/mol. The number of H-pyrrole nitrogens is 1. The first-order valence-electron chi connectivity index (χ1n) is 15.0. The van der Waals surface area contributed by atoms with Gasteiger partial charge in [-0.25, -0.2) is 4.79 Å². The molecule has 1 N–H and O–H groups in total. The summed E-state index contributed by atoms with van der Waals surface area (Å²) in [6, 6.07) is 7.37. The molecule has 3 aromatic rings. The van der Waals surface area contributed by atoms with Gasteiger partial charge in [0.2, 0.25) is 5.75 Å². The van der Waals surface area contributed by atoms with Crippen LogP contribution in [0.5, 0.6) is 23.0 Å². The van der Waals surface area contributed by atoms with Crippen LogP contribution in [0.15, 0.2) is 28.7 Å². The zero-order chi connectivity index (χ0) is 32.0. The Morgan fingerprint density at radius 2 is 1.62 bits per heavy atom. The zero-order valence-corrected chi connectivity index (χ0v) is 27.9. The van der Waals surface area contributed by atoms with E-state index in [-0.39, 0.29) is 29.4 Å². The first kappa shape index (κ1) is 31.5. The zero-order valence-electron chi connectivity index (χ0n) is 26.3. The van der Waals surface area contributed by atoms with Crippen molar-refractivity contribution in [1.29, 1.82) is 0 Å². The number of aromatic nitrogens is 1. The first-order valence-corrected chi connectivity index (χ1v) is 15.8. The number of aromatic amines is 1. The van der Waals surface area contributed by atoms with Gasteiger partial charge in [0.15, 0.2) is 11.5 Å². The monoisotopic (exact) mass is 686 g/mol. The molecule has 1 aromatic heterocycles. The quantitative estimate of drug-likeness (QED) is 0.327.